The average Bonchev–Trinajstić information content (AvgIpc) is 2.09. The Morgan fingerprint density at radius 3 is 2.85 bits per heavy atom. The fourth-order valence-corrected chi connectivity index (χ4v) is 0.843. The molecular formula is C10H8N2O. The third kappa shape index (κ3) is 2.43. The number of nitrogens with two attached hydrogens (primary N) is 1. The van der Waals surface area contributed by atoms with Gasteiger partial charge in [-0.15, -0.1) is 0 Å². The Kier molecular flexibility index (Phi) is 2.78. The van der Waals surface area contributed by atoms with E-state index in [0.717, 1.165) is 0 Å². The Balaban J connectivity index is 2.93. The molecule has 0 saturated heterocycles. The lowest BCUT2D eigenvalue weighted by molar-refractivity contribution is 0.475. The highest BCUT2D eigenvalue weighted by molar-refractivity contribution is 5.58. The molecule has 0 spiro atoms. The summed E-state index contributed by atoms with van der Waals surface area (Å²) in [6.07, 6.45) is 0.181. The minimum Gasteiger partial charge on any atom is -0.508 e. The first-order valence-corrected chi connectivity index (χ1v) is 3.68. The van der Waals surface area contributed by atoms with E-state index in [-0.39, 0.29) is 12.2 Å². The number of hydrogen-bond acceptors (Lipinski definition) is 3. The van der Waals surface area contributed by atoms with Crippen LogP contribution in [0.1, 0.15) is 12.0 Å². The first-order valence-electron chi connectivity index (χ1n) is 3.68. The average molecular weight is 172 g/mol. The molecule has 64 valence electrons. The fraction of sp³-hybridized carbons (Fsp3) is 0.100. The highest BCUT2D eigenvalue weighted by Gasteiger charge is 1.95. The first-order chi connectivity index (χ1) is 6.24. The lowest BCUT2D eigenvalue weighted by Gasteiger charge is -1.97. The maximum Gasteiger partial charge on any atom is 0.117 e. The molecule has 3 N–H and O–H groups in total. The van der Waals surface area contributed by atoms with E-state index in [1.807, 2.05) is 6.07 Å². The van der Waals surface area contributed by atoms with Crippen molar-refractivity contribution in [1.82, 2.24) is 0 Å². The minimum absolute atomic E-state index is 0.114. The highest BCUT2D eigenvalue weighted by Crippen LogP contribution is 2.17. The maximum absolute atomic E-state index is 9.03. The number of hydrogen-bond donors (Lipinski definition) is 2. The van der Waals surface area contributed by atoms with Crippen molar-refractivity contribution in [3.8, 4) is 23.7 Å². The topological polar surface area (TPSA) is 70.0 Å². The van der Waals surface area contributed by atoms with E-state index >= 15 is 0 Å². The number of nitriles is 1. The molecule has 3 heteroatoms. The van der Waals surface area contributed by atoms with Gasteiger partial charge in [0.2, 0.25) is 0 Å². The molecule has 3 nitrogen and oxygen atoms in total. The molecule has 0 atom stereocenters. The zero-order valence-corrected chi connectivity index (χ0v) is 6.91. The summed E-state index contributed by atoms with van der Waals surface area (Å²) in [5.74, 6) is 5.49. The molecule has 0 unspecified atom stereocenters. The summed E-state index contributed by atoms with van der Waals surface area (Å²) in [5, 5.41) is 17.3. The Morgan fingerprint density at radius 1 is 1.46 bits per heavy atom. The van der Waals surface area contributed by atoms with Crippen molar-refractivity contribution in [2.45, 2.75) is 6.42 Å². The summed E-state index contributed by atoms with van der Waals surface area (Å²) in [4.78, 5) is 0. The second kappa shape index (κ2) is 4.04. The van der Waals surface area contributed by atoms with Crippen molar-refractivity contribution >= 4 is 5.69 Å². The van der Waals surface area contributed by atoms with Crippen molar-refractivity contribution in [3.05, 3.63) is 23.8 Å². The van der Waals surface area contributed by atoms with Gasteiger partial charge in [0.05, 0.1) is 18.2 Å². The van der Waals surface area contributed by atoms with E-state index in [4.69, 9.17) is 16.1 Å². The standard InChI is InChI=1S/C10H8N2O/c11-6-2-1-3-8-4-5-9(13)7-10(8)12/h4-5,7,13H,2,12H2. The van der Waals surface area contributed by atoms with E-state index in [2.05, 4.69) is 11.8 Å². The van der Waals surface area contributed by atoms with Crippen LogP contribution in [0.15, 0.2) is 18.2 Å². The summed E-state index contributed by atoms with van der Waals surface area (Å²) in [6.45, 7) is 0. The van der Waals surface area contributed by atoms with E-state index in [1.54, 1.807) is 6.07 Å². The molecular weight excluding hydrogens is 164 g/mol. The van der Waals surface area contributed by atoms with E-state index in [0.29, 0.717) is 11.3 Å². The van der Waals surface area contributed by atoms with E-state index < -0.39 is 0 Å². The van der Waals surface area contributed by atoms with Crippen LogP contribution in [0, 0.1) is 23.2 Å². The van der Waals surface area contributed by atoms with Gasteiger partial charge >= 0.3 is 0 Å². The van der Waals surface area contributed by atoms with Crippen LogP contribution in [-0.4, -0.2) is 5.11 Å². The third-order valence-corrected chi connectivity index (χ3v) is 1.43. The van der Waals surface area contributed by atoms with Gasteiger partial charge in [0.1, 0.15) is 5.75 Å². The van der Waals surface area contributed by atoms with Gasteiger partial charge in [0.15, 0.2) is 0 Å². The third-order valence-electron chi connectivity index (χ3n) is 1.43. The van der Waals surface area contributed by atoms with Crippen molar-refractivity contribution in [2.24, 2.45) is 0 Å². The predicted molar refractivity (Wildman–Crippen MR) is 49.6 cm³/mol. The lowest BCUT2D eigenvalue weighted by Crippen LogP contribution is -1.88. The van der Waals surface area contributed by atoms with E-state index in [1.165, 1.54) is 12.1 Å². The first kappa shape index (κ1) is 8.96. The monoisotopic (exact) mass is 172 g/mol. The molecule has 0 heterocycles. The molecule has 0 aromatic heterocycles. The highest BCUT2D eigenvalue weighted by atomic mass is 16.3. The van der Waals surface area contributed by atoms with Crippen molar-refractivity contribution in [1.29, 1.82) is 5.26 Å². The Morgan fingerprint density at radius 2 is 2.23 bits per heavy atom. The predicted octanol–water partition coefficient (Wildman–Crippen LogP) is 1.24. The quantitative estimate of drug-likeness (QED) is 0.457. The van der Waals surface area contributed by atoms with Crippen LogP contribution in [0.4, 0.5) is 5.69 Å². The van der Waals surface area contributed by atoms with Crippen molar-refractivity contribution in [3.63, 3.8) is 0 Å². The zero-order chi connectivity index (χ0) is 9.68. The summed E-state index contributed by atoms with van der Waals surface area (Å²) in [5.41, 5.74) is 6.61. The Labute approximate surface area is 76.4 Å². The van der Waals surface area contributed by atoms with Crippen molar-refractivity contribution in [2.75, 3.05) is 5.73 Å². The zero-order valence-electron chi connectivity index (χ0n) is 6.91. The second-order valence-electron chi connectivity index (χ2n) is 2.41. The summed E-state index contributed by atoms with van der Waals surface area (Å²) >= 11 is 0. The van der Waals surface area contributed by atoms with Gasteiger partial charge in [-0.2, -0.15) is 5.26 Å². The molecule has 0 fully saturated rings. The summed E-state index contributed by atoms with van der Waals surface area (Å²) in [6, 6.07) is 6.46. The molecule has 0 aliphatic heterocycles. The van der Waals surface area contributed by atoms with Gasteiger partial charge in [-0.05, 0) is 12.1 Å². The Bertz CT molecular complexity index is 407. The molecule has 13 heavy (non-hydrogen) atoms. The number of nitrogen functional groups attached to an aromatic ring is 1. The van der Waals surface area contributed by atoms with Crippen LogP contribution in [-0.2, 0) is 0 Å². The molecule has 0 amide bonds. The number of phenols is 1. The molecule has 0 aliphatic carbocycles. The van der Waals surface area contributed by atoms with Gasteiger partial charge in [0, 0.05) is 11.6 Å². The molecule has 1 aromatic carbocycles. The summed E-state index contributed by atoms with van der Waals surface area (Å²) in [7, 11) is 0. The van der Waals surface area contributed by atoms with Crippen LogP contribution in [0.25, 0.3) is 0 Å². The molecule has 0 saturated carbocycles. The second-order valence-corrected chi connectivity index (χ2v) is 2.41. The Hall–Kier alpha value is -2.13. The van der Waals surface area contributed by atoms with Gasteiger partial charge < -0.3 is 10.8 Å². The van der Waals surface area contributed by atoms with Crippen LogP contribution in [0.2, 0.25) is 0 Å². The van der Waals surface area contributed by atoms with Crippen LogP contribution < -0.4 is 5.73 Å². The van der Waals surface area contributed by atoms with Gasteiger partial charge in [-0.1, -0.05) is 11.8 Å². The molecule has 0 aliphatic rings. The SMILES string of the molecule is N#CCC#Cc1ccc(O)cc1N. The molecule has 0 bridgehead atoms. The molecule has 0 radical (unpaired) electrons. The lowest BCUT2D eigenvalue weighted by atomic mass is 10.2. The number of nitrogens with zero attached hydrogens (tertiary/aromatic N) is 1. The number of phenolic OH excluding ortho intramolecular Hbond substituents is 1. The van der Waals surface area contributed by atoms with Gasteiger partial charge in [0.25, 0.3) is 0 Å². The van der Waals surface area contributed by atoms with Crippen molar-refractivity contribution < 1.29 is 5.11 Å². The minimum atomic E-state index is 0.114. The normalized spacial score (nSPS) is 8.23. The largest absolute Gasteiger partial charge is 0.508 e. The molecule has 1 aromatic rings. The smallest absolute Gasteiger partial charge is 0.117 e. The fourth-order valence-electron chi connectivity index (χ4n) is 0.843. The van der Waals surface area contributed by atoms with Crippen LogP contribution >= 0.6 is 0 Å². The maximum atomic E-state index is 9.03. The van der Waals surface area contributed by atoms with Gasteiger partial charge in [-0.25, -0.2) is 0 Å². The number of anilines is 1. The number of aromatic hydroxyl groups is 1. The number of rotatable bonds is 0. The van der Waals surface area contributed by atoms with Crippen LogP contribution in [0.5, 0.6) is 5.75 Å². The number of benzene rings is 1. The molecule has 1 rings (SSSR count). The van der Waals surface area contributed by atoms with E-state index in [9.17, 15) is 0 Å². The summed E-state index contributed by atoms with van der Waals surface area (Å²) < 4.78 is 0. The van der Waals surface area contributed by atoms with Crippen LogP contribution in [0.3, 0.4) is 0 Å². The van der Waals surface area contributed by atoms with Gasteiger partial charge in [-0.3, -0.25) is 0 Å².